The molecular weight excluding hydrogens is 425 g/mol. The van der Waals surface area contributed by atoms with Crippen LogP contribution in [0.25, 0.3) is 11.3 Å². The first-order valence-electron chi connectivity index (χ1n) is 10.1. The van der Waals surface area contributed by atoms with E-state index in [4.69, 9.17) is 9.47 Å². The molecule has 0 unspecified atom stereocenters. The third kappa shape index (κ3) is 5.36. The molecule has 3 aromatic carbocycles. The van der Waals surface area contributed by atoms with E-state index >= 15 is 0 Å². The lowest BCUT2D eigenvalue weighted by Crippen LogP contribution is -1.98. The van der Waals surface area contributed by atoms with Crippen molar-refractivity contribution in [3.05, 3.63) is 94.6 Å². The van der Waals surface area contributed by atoms with Gasteiger partial charge in [-0.25, -0.2) is 9.37 Å². The Balaban J connectivity index is 1.40. The highest BCUT2D eigenvalue weighted by molar-refractivity contribution is 7.15. The van der Waals surface area contributed by atoms with Crippen LogP contribution in [0.1, 0.15) is 16.0 Å². The fourth-order valence-corrected chi connectivity index (χ4v) is 3.91. The zero-order valence-corrected chi connectivity index (χ0v) is 18.6. The zero-order valence-electron chi connectivity index (χ0n) is 17.8. The fourth-order valence-electron chi connectivity index (χ4n) is 3.14. The first-order chi connectivity index (χ1) is 15.6. The third-order valence-corrected chi connectivity index (χ3v) is 5.63. The van der Waals surface area contributed by atoms with Crippen LogP contribution in [0, 0.1) is 12.7 Å². The van der Waals surface area contributed by atoms with Crippen molar-refractivity contribution in [2.24, 2.45) is 10.2 Å². The fraction of sp³-hybridized carbons (Fsp3) is 0.160. The van der Waals surface area contributed by atoms with Crippen molar-refractivity contribution in [2.75, 3.05) is 7.11 Å². The number of rotatable bonds is 8. The van der Waals surface area contributed by atoms with Gasteiger partial charge in [0.05, 0.1) is 19.3 Å². The summed E-state index contributed by atoms with van der Waals surface area (Å²) in [5, 5.41) is 9.24. The molecule has 0 bridgehead atoms. The van der Waals surface area contributed by atoms with E-state index in [0.29, 0.717) is 29.8 Å². The second-order valence-electron chi connectivity index (χ2n) is 7.07. The smallest absolute Gasteiger partial charge is 0.230 e. The van der Waals surface area contributed by atoms with Crippen LogP contribution in [-0.2, 0) is 13.2 Å². The summed E-state index contributed by atoms with van der Waals surface area (Å²) in [6.07, 6.45) is 0. The highest BCUT2D eigenvalue weighted by Crippen LogP contribution is 2.32. The molecule has 0 N–H and O–H groups in total. The van der Waals surface area contributed by atoms with Crippen molar-refractivity contribution >= 4 is 16.5 Å². The van der Waals surface area contributed by atoms with Gasteiger partial charge in [-0.2, -0.15) is 5.11 Å². The Morgan fingerprint density at radius 2 is 1.69 bits per heavy atom. The van der Waals surface area contributed by atoms with E-state index in [-0.39, 0.29) is 5.82 Å². The van der Waals surface area contributed by atoms with Crippen LogP contribution in [0.4, 0.5) is 9.52 Å². The minimum atomic E-state index is -0.269. The van der Waals surface area contributed by atoms with E-state index in [2.05, 4.69) is 15.2 Å². The van der Waals surface area contributed by atoms with E-state index in [0.717, 1.165) is 27.3 Å². The lowest BCUT2D eigenvalue weighted by Gasteiger charge is -2.11. The minimum absolute atomic E-state index is 0.269. The molecule has 4 rings (SSSR count). The maximum absolute atomic E-state index is 13.0. The third-order valence-electron chi connectivity index (χ3n) is 4.78. The number of aromatic nitrogens is 1. The molecule has 32 heavy (non-hydrogen) atoms. The summed E-state index contributed by atoms with van der Waals surface area (Å²) < 4.78 is 24.3. The normalized spacial score (nSPS) is 11.1. The van der Waals surface area contributed by atoms with Crippen LogP contribution in [-0.4, -0.2) is 12.1 Å². The number of hydrogen-bond donors (Lipinski definition) is 0. The van der Waals surface area contributed by atoms with E-state index in [1.54, 1.807) is 19.2 Å². The van der Waals surface area contributed by atoms with Gasteiger partial charge in [-0.05, 0) is 42.3 Å². The maximum Gasteiger partial charge on any atom is 0.230 e. The molecular formula is C25H22FN3O2S. The van der Waals surface area contributed by atoms with Crippen molar-refractivity contribution in [2.45, 2.75) is 20.1 Å². The van der Waals surface area contributed by atoms with Gasteiger partial charge in [0.25, 0.3) is 0 Å². The molecule has 0 aliphatic carbocycles. The number of benzene rings is 3. The van der Waals surface area contributed by atoms with Crippen LogP contribution >= 0.6 is 11.3 Å². The van der Waals surface area contributed by atoms with Gasteiger partial charge in [-0.1, -0.05) is 59.9 Å². The number of thiazole rings is 1. The van der Waals surface area contributed by atoms with Crippen molar-refractivity contribution in [1.29, 1.82) is 0 Å². The molecule has 0 aliphatic heterocycles. The summed E-state index contributed by atoms with van der Waals surface area (Å²) >= 11 is 1.52. The molecule has 5 nitrogen and oxygen atoms in total. The highest BCUT2D eigenvalue weighted by atomic mass is 32.1. The van der Waals surface area contributed by atoms with Crippen LogP contribution in [0.2, 0.25) is 0 Å². The molecule has 162 valence electrons. The van der Waals surface area contributed by atoms with Crippen LogP contribution in [0.3, 0.4) is 0 Å². The Hall–Kier alpha value is -3.58. The van der Waals surface area contributed by atoms with Gasteiger partial charge in [-0.15, -0.1) is 5.11 Å². The van der Waals surface area contributed by atoms with E-state index in [9.17, 15) is 4.39 Å². The van der Waals surface area contributed by atoms with Crippen LogP contribution in [0.5, 0.6) is 11.5 Å². The first-order valence-corrected chi connectivity index (χ1v) is 10.9. The standard InChI is InChI=1S/C25H22FN3O2S/c1-17-24(20-6-4-3-5-7-20)28-25(32-17)29-27-15-19-10-13-22(23(14-19)30-2)31-16-18-8-11-21(26)12-9-18/h3-14H,15-16H2,1-2H3. The second-order valence-corrected chi connectivity index (χ2v) is 8.25. The van der Waals surface area contributed by atoms with E-state index in [1.165, 1.54) is 23.5 Å². The van der Waals surface area contributed by atoms with Gasteiger partial charge >= 0.3 is 0 Å². The molecule has 0 amide bonds. The summed E-state index contributed by atoms with van der Waals surface area (Å²) in [6, 6.07) is 21.9. The summed E-state index contributed by atoms with van der Waals surface area (Å²) in [5.74, 6) is 0.950. The largest absolute Gasteiger partial charge is 0.493 e. The lowest BCUT2D eigenvalue weighted by atomic mass is 10.1. The Bertz CT molecular complexity index is 1210. The van der Waals surface area contributed by atoms with Gasteiger partial charge in [0, 0.05) is 10.4 Å². The average Bonchev–Trinajstić information content (AvgIpc) is 3.20. The van der Waals surface area contributed by atoms with Gasteiger partial charge in [0.1, 0.15) is 12.4 Å². The van der Waals surface area contributed by atoms with Gasteiger partial charge in [0.2, 0.25) is 5.13 Å². The zero-order chi connectivity index (χ0) is 22.3. The number of nitrogens with zero attached hydrogens (tertiary/aromatic N) is 3. The molecule has 0 saturated carbocycles. The van der Waals surface area contributed by atoms with Crippen molar-refractivity contribution in [3.63, 3.8) is 0 Å². The Morgan fingerprint density at radius 3 is 2.44 bits per heavy atom. The summed E-state index contributed by atoms with van der Waals surface area (Å²) in [6.45, 7) is 2.76. The predicted molar refractivity (Wildman–Crippen MR) is 124 cm³/mol. The molecule has 7 heteroatoms. The van der Waals surface area contributed by atoms with Crippen LogP contribution < -0.4 is 9.47 Å². The average molecular weight is 448 g/mol. The molecule has 0 aliphatic rings. The van der Waals surface area contributed by atoms with Gasteiger partial charge < -0.3 is 9.47 Å². The Morgan fingerprint density at radius 1 is 0.938 bits per heavy atom. The number of methoxy groups -OCH3 is 1. The Labute approximate surface area is 190 Å². The molecule has 1 heterocycles. The number of azo groups is 1. The van der Waals surface area contributed by atoms with Crippen molar-refractivity contribution in [1.82, 2.24) is 4.98 Å². The van der Waals surface area contributed by atoms with Crippen LogP contribution in [0.15, 0.2) is 83.0 Å². The lowest BCUT2D eigenvalue weighted by molar-refractivity contribution is 0.284. The molecule has 1 aromatic heterocycles. The maximum atomic E-state index is 13.0. The summed E-state index contributed by atoms with van der Waals surface area (Å²) in [7, 11) is 1.59. The second kappa shape index (κ2) is 10.2. The molecule has 0 atom stereocenters. The molecule has 0 saturated heterocycles. The predicted octanol–water partition coefficient (Wildman–Crippen LogP) is 7.13. The number of halogens is 1. The number of ether oxygens (including phenoxy) is 2. The van der Waals surface area contributed by atoms with E-state index < -0.39 is 0 Å². The molecule has 0 fully saturated rings. The molecule has 4 aromatic rings. The summed E-state index contributed by atoms with van der Waals surface area (Å²) in [4.78, 5) is 5.71. The van der Waals surface area contributed by atoms with Crippen molar-refractivity contribution < 1.29 is 13.9 Å². The number of hydrogen-bond acceptors (Lipinski definition) is 6. The topological polar surface area (TPSA) is 56.1 Å². The quantitative estimate of drug-likeness (QED) is 0.270. The Kier molecular flexibility index (Phi) is 6.87. The molecule has 0 spiro atoms. The number of aryl methyl sites for hydroxylation is 1. The monoisotopic (exact) mass is 447 g/mol. The van der Waals surface area contributed by atoms with Crippen molar-refractivity contribution in [3.8, 4) is 22.8 Å². The highest BCUT2D eigenvalue weighted by Gasteiger charge is 2.10. The van der Waals surface area contributed by atoms with E-state index in [1.807, 2.05) is 55.5 Å². The minimum Gasteiger partial charge on any atom is -0.493 e. The SMILES string of the molecule is COc1cc(CN=Nc2nc(-c3ccccc3)c(C)s2)ccc1OCc1ccc(F)cc1. The van der Waals surface area contributed by atoms with Gasteiger partial charge in [-0.3, -0.25) is 0 Å². The summed E-state index contributed by atoms with van der Waals surface area (Å²) in [5.41, 5.74) is 3.83. The molecule has 0 radical (unpaired) electrons. The first kappa shape index (κ1) is 21.6. The van der Waals surface area contributed by atoms with Gasteiger partial charge in [0.15, 0.2) is 11.5 Å².